The summed E-state index contributed by atoms with van der Waals surface area (Å²) in [5.74, 6) is -1.50. The van der Waals surface area contributed by atoms with E-state index in [4.69, 9.17) is 0 Å². The number of amides is 3. The molecule has 0 aromatic carbocycles. The molecular weight excluding hydrogens is 216 g/mol. The van der Waals surface area contributed by atoms with E-state index in [1.807, 2.05) is 0 Å². The van der Waals surface area contributed by atoms with Crippen LogP contribution in [0.5, 0.6) is 0 Å². The Morgan fingerprint density at radius 1 is 1.25 bits per heavy atom. The Morgan fingerprint density at radius 2 is 1.81 bits per heavy atom. The molecule has 0 aliphatic carbocycles. The molecule has 0 unspecified atom stereocenters. The van der Waals surface area contributed by atoms with Gasteiger partial charge in [-0.25, -0.2) is 5.32 Å². The smallest absolute Gasteiger partial charge is 0.272 e. The van der Waals surface area contributed by atoms with E-state index in [0.29, 0.717) is 0 Å². The maximum Gasteiger partial charge on any atom is 0.429 e. The third kappa shape index (κ3) is 2.38. The lowest BCUT2D eigenvalue weighted by Gasteiger charge is -2.12. The zero-order chi connectivity index (χ0) is 12.3. The van der Waals surface area contributed by atoms with E-state index < -0.39 is 17.7 Å². The first-order valence-corrected chi connectivity index (χ1v) is 4.35. The van der Waals surface area contributed by atoms with Crippen LogP contribution in [0, 0.1) is 0 Å². The minimum absolute atomic E-state index is 0.0436. The number of carbonyl (C=O) groups excluding carboxylic acids is 3. The fraction of sp³-hybridized carbons (Fsp3) is 0.429. The molecule has 0 fully saturated rings. The van der Waals surface area contributed by atoms with Crippen LogP contribution < -0.4 is 15.1 Å². The van der Waals surface area contributed by atoms with Crippen LogP contribution in [0.25, 0.3) is 0 Å². The monoisotopic (exact) mass is 227 g/mol. The summed E-state index contributed by atoms with van der Waals surface area (Å²) in [6, 6.07) is 0. The van der Waals surface area contributed by atoms with Gasteiger partial charge in [0, 0.05) is 20.8 Å². The number of carbonyl (C=O) groups is 3. The number of aromatic nitrogens is 4. The van der Waals surface area contributed by atoms with Crippen molar-refractivity contribution < 1.29 is 19.2 Å². The summed E-state index contributed by atoms with van der Waals surface area (Å²) in [4.78, 5) is 34.2. The van der Waals surface area contributed by atoms with Gasteiger partial charge in [-0.1, -0.05) is 5.21 Å². The number of hydrogen-bond donors (Lipinski definition) is 2. The third-order valence-electron chi connectivity index (χ3n) is 1.57. The van der Waals surface area contributed by atoms with Crippen LogP contribution in [0.15, 0.2) is 0 Å². The van der Waals surface area contributed by atoms with E-state index in [2.05, 4.69) is 20.8 Å². The lowest BCUT2D eigenvalue weighted by atomic mass is 10.6. The summed E-state index contributed by atoms with van der Waals surface area (Å²) in [5, 5.41) is 12.3. The molecule has 86 valence electrons. The molecule has 0 spiro atoms. The predicted octanol–water partition coefficient (Wildman–Crippen LogP) is -1.92. The van der Waals surface area contributed by atoms with E-state index >= 15 is 0 Å². The highest BCUT2D eigenvalue weighted by atomic mass is 16.2. The van der Waals surface area contributed by atoms with Crippen LogP contribution >= 0.6 is 0 Å². The van der Waals surface area contributed by atoms with Crippen LogP contribution in [-0.2, 0) is 14.4 Å². The van der Waals surface area contributed by atoms with E-state index in [1.165, 1.54) is 20.8 Å². The van der Waals surface area contributed by atoms with Crippen molar-refractivity contribution in [1.29, 1.82) is 0 Å². The van der Waals surface area contributed by atoms with Crippen molar-refractivity contribution in [1.82, 2.24) is 15.5 Å². The van der Waals surface area contributed by atoms with E-state index in [0.717, 1.165) is 9.80 Å². The van der Waals surface area contributed by atoms with Crippen molar-refractivity contribution in [2.24, 2.45) is 0 Å². The first kappa shape index (κ1) is 11.8. The van der Waals surface area contributed by atoms with Gasteiger partial charge in [0.25, 0.3) is 17.7 Å². The van der Waals surface area contributed by atoms with Crippen LogP contribution in [0.3, 0.4) is 0 Å². The summed E-state index contributed by atoms with van der Waals surface area (Å²) < 4.78 is 0. The highest BCUT2D eigenvalue weighted by molar-refractivity contribution is 6.04. The average Bonchev–Trinajstić information content (AvgIpc) is 2.50. The summed E-state index contributed by atoms with van der Waals surface area (Å²) in [5.41, 5.74) is 0. The van der Waals surface area contributed by atoms with E-state index in [-0.39, 0.29) is 5.95 Å². The van der Waals surface area contributed by atoms with Gasteiger partial charge in [-0.05, 0) is 4.79 Å². The Hall–Kier alpha value is -2.32. The molecule has 0 aliphatic heterocycles. The van der Waals surface area contributed by atoms with Crippen molar-refractivity contribution in [2.75, 3.05) is 10.3 Å². The number of anilines is 1. The standard InChI is InChI=1S/C7H10N6O3/c1-4(14)8-7-9-10-11-13(7)12(5(2)15)6(3)16/h1-3H3,(H,8,9,11,14)/p+1. The maximum absolute atomic E-state index is 11.2. The van der Waals surface area contributed by atoms with Crippen molar-refractivity contribution in [3.05, 3.63) is 0 Å². The van der Waals surface area contributed by atoms with E-state index in [1.54, 1.807) is 0 Å². The van der Waals surface area contributed by atoms with Gasteiger partial charge in [-0.15, -0.1) is 5.01 Å². The average molecular weight is 227 g/mol. The molecule has 0 radical (unpaired) electrons. The molecule has 1 heterocycles. The van der Waals surface area contributed by atoms with Crippen LogP contribution in [0.1, 0.15) is 20.8 Å². The fourth-order valence-corrected chi connectivity index (χ4v) is 1.08. The Balaban J connectivity index is 3.10. The molecule has 0 saturated heterocycles. The normalized spacial score (nSPS) is 9.69. The molecule has 3 amide bonds. The highest BCUT2D eigenvalue weighted by Gasteiger charge is 2.27. The Bertz CT molecular complexity index is 425. The Morgan fingerprint density at radius 3 is 2.25 bits per heavy atom. The summed E-state index contributed by atoms with van der Waals surface area (Å²) in [7, 11) is 0. The zero-order valence-electron chi connectivity index (χ0n) is 9.01. The SMILES string of the molecule is CC(=O)Nc1nn[nH][n+]1N(C(C)=O)C(C)=O. The van der Waals surface area contributed by atoms with Gasteiger partial charge < -0.3 is 0 Å². The van der Waals surface area contributed by atoms with Crippen LogP contribution in [0.2, 0.25) is 0 Å². The number of H-pyrrole nitrogens is 1. The Labute approximate surface area is 90.4 Å². The quantitative estimate of drug-likeness (QED) is 0.572. The molecule has 1 aromatic heterocycles. The minimum atomic E-state index is -0.532. The largest absolute Gasteiger partial charge is 0.429 e. The number of imide groups is 1. The highest BCUT2D eigenvalue weighted by Crippen LogP contribution is 1.91. The van der Waals surface area contributed by atoms with Crippen LogP contribution in [0.4, 0.5) is 5.95 Å². The lowest BCUT2D eigenvalue weighted by molar-refractivity contribution is -0.719. The minimum Gasteiger partial charge on any atom is -0.272 e. The van der Waals surface area contributed by atoms with Gasteiger partial charge in [-0.2, -0.15) is 0 Å². The molecule has 1 rings (SSSR count). The number of nitrogens with zero attached hydrogens (tertiary/aromatic N) is 4. The van der Waals surface area contributed by atoms with Crippen molar-refractivity contribution >= 4 is 23.7 Å². The van der Waals surface area contributed by atoms with Crippen LogP contribution in [-0.4, -0.2) is 33.2 Å². The van der Waals surface area contributed by atoms with Gasteiger partial charge in [0.1, 0.15) is 5.21 Å². The van der Waals surface area contributed by atoms with Gasteiger partial charge in [0.15, 0.2) is 0 Å². The zero-order valence-corrected chi connectivity index (χ0v) is 9.01. The summed E-state index contributed by atoms with van der Waals surface area (Å²) in [6.45, 7) is 3.67. The molecule has 0 bridgehead atoms. The van der Waals surface area contributed by atoms with Crippen molar-refractivity contribution in [3.63, 3.8) is 0 Å². The van der Waals surface area contributed by atoms with E-state index in [9.17, 15) is 14.4 Å². The third-order valence-corrected chi connectivity index (χ3v) is 1.57. The molecule has 9 heteroatoms. The Kier molecular flexibility index (Phi) is 3.28. The van der Waals surface area contributed by atoms with Gasteiger partial charge in [-0.3, -0.25) is 14.4 Å². The number of tetrazole rings is 1. The topological polar surface area (TPSA) is 112 Å². The number of hydrogen-bond acceptors (Lipinski definition) is 5. The molecule has 1 aromatic rings. The second kappa shape index (κ2) is 4.47. The molecule has 0 aliphatic rings. The molecule has 9 nitrogen and oxygen atoms in total. The number of nitrogens with one attached hydrogen (secondary N) is 2. The summed E-state index contributed by atoms with van der Waals surface area (Å²) in [6.07, 6.45) is 0. The second-order valence-electron chi connectivity index (χ2n) is 2.97. The molecule has 2 N–H and O–H groups in total. The number of aromatic amines is 1. The number of rotatable bonds is 2. The lowest BCUT2D eigenvalue weighted by Crippen LogP contribution is -2.64. The van der Waals surface area contributed by atoms with Gasteiger partial charge in [0.05, 0.1) is 5.10 Å². The van der Waals surface area contributed by atoms with Crippen molar-refractivity contribution in [2.45, 2.75) is 20.8 Å². The van der Waals surface area contributed by atoms with Gasteiger partial charge in [0.2, 0.25) is 0 Å². The second-order valence-corrected chi connectivity index (χ2v) is 2.97. The van der Waals surface area contributed by atoms with Gasteiger partial charge >= 0.3 is 5.95 Å². The molecule has 0 saturated carbocycles. The predicted molar refractivity (Wildman–Crippen MR) is 50.5 cm³/mol. The molecule has 0 atom stereocenters. The summed E-state index contributed by atoms with van der Waals surface area (Å²) >= 11 is 0. The fourth-order valence-electron chi connectivity index (χ4n) is 1.08. The first-order valence-electron chi connectivity index (χ1n) is 4.35. The molecular formula is C7H11N6O3+. The van der Waals surface area contributed by atoms with Crippen molar-refractivity contribution in [3.8, 4) is 0 Å². The first-order chi connectivity index (χ1) is 7.43. The molecule has 16 heavy (non-hydrogen) atoms. The maximum atomic E-state index is 11.2.